The molecule has 142 valence electrons. The Bertz CT molecular complexity index is 548. The predicted octanol–water partition coefficient (Wildman–Crippen LogP) is 2.91. The molecule has 25 heavy (non-hydrogen) atoms. The summed E-state index contributed by atoms with van der Waals surface area (Å²) >= 11 is 1.46. The van der Waals surface area contributed by atoms with E-state index in [9.17, 15) is 9.59 Å². The van der Waals surface area contributed by atoms with Gasteiger partial charge in [-0.2, -0.15) is 0 Å². The lowest BCUT2D eigenvalue weighted by Gasteiger charge is -2.26. The molecule has 0 radical (unpaired) electrons. The van der Waals surface area contributed by atoms with E-state index in [2.05, 4.69) is 15.2 Å². The molecule has 1 aromatic heterocycles. The van der Waals surface area contributed by atoms with E-state index in [1.807, 2.05) is 41.8 Å². The van der Waals surface area contributed by atoms with Crippen LogP contribution in [-0.2, 0) is 9.59 Å². The lowest BCUT2D eigenvalue weighted by atomic mass is 10.0. The van der Waals surface area contributed by atoms with Gasteiger partial charge in [0, 0.05) is 17.3 Å². The van der Waals surface area contributed by atoms with Gasteiger partial charge in [0.15, 0.2) is 5.13 Å². The Balaban J connectivity index is 2.72. The van der Waals surface area contributed by atoms with Gasteiger partial charge in [-0.15, -0.1) is 11.3 Å². The first-order valence-electron chi connectivity index (χ1n) is 8.95. The van der Waals surface area contributed by atoms with E-state index >= 15 is 0 Å². The highest BCUT2D eigenvalue weighted by atomic mass is 32.1. The molecule has 0 aromatic carbocycles. The summed E-state index contributed by atoms with van der Waals surface area (Å²) in [5.74, 6) is -0.125. The molecule has 0 bridgehead atoms. The van der Waals surface area contributed by atoms with Crippen molar-refractivity contribution in [2.75, 3.05) is 39.0 Å². The number of rotatable bonds is 10. The van der Waals surface area contributed by atoms with E-state index in [1.165, 1.54) is 11.3 Å². The number of carbonyl (C=O) groups excluding carboxylic acids is 2. The van der Waals surface area contributed by atoms with Crippen molar-refractivity contribution in [3.05, 3.63) is 10.6 Å². The zero-order valence-electron chi connectivity index (χ0n) is 16.4. The maximum atomic E-state index is 12.7. The highest BCUT2D eigenvalue weighted by Crippen LogP contribution is 2.21. The first-order valence-corrected chi connectivity index (χ1v) is 9.77. The molecule has 1 N–H and O–H groups in total. The second-order valence-electron chi connectivity index (χ2n) is 6.64. The lowest BCUT2D eigenvalue weighted by molar-refractivity contribution is -0.138. The van der Waals surface area contributed by atoms with Gasteiger partial charge < -0.3 is 15.1 Å². The summed E-state index contributed by atoms with van der Waals surface area (Å²) in [4.78, 5) is 34.3. The number of hydrogen-bond donors (Lipinski definition) is 1. The number of nitrogens with zero attached hydrogens (tertiary/aromatic N) is 3. The van der Waals surface area contributed by atoms with Crippen molar-refractivity contribution in [2.45, 2.75) is 47.0 Å². The first kappa shape index (κ1) is 21.6. The molecule has 1 aromatic rings. The normalized spacial score (nSPS) is 11.2. The van der Waals surface area contributed by atoms with Crippen LogP contribution in [0.4, 0.5) is 5.13 Å². The van der Waals surface area contributed by atoms with Crippen LogP contribution in [0.1, 0.15) is 43.7 Å². The third-order valence-corrected chi connectivity index (χ3v) is 5.28. The minimum atomic E-state index is -0.182. The number of nitrogens with one attached hydrogen (secondary N) is 1. The molecular formula is C18H32N4O2S. The average molecular weight is 369 g/mol. The van der Waals surface area contributed by atoms with Gasteiger partial charge in [0.05, 0.1) is 12.2 Å². The van der Waals surface area contributed by atoms with Crippen molar-refractivity contribution in [3.8, 4) is 0 Å². The Hall–Kier alpha value is -1.47. The minimum Gasteiger partial charge on any atom is -0.333 e. The summed E-state index contributed by atoms with van der Waals surface area (Å²) in [6.45, 7) is 9.51. The molecule has 2 amide bonds. The molecule has 7 heteroatoms. The molecule has 0 saturated heterocycles. The molecule has 0 aliphatic heterocycles. The molecule has 1 heterocycles. The Kier molecular flexibility index (Phi) is 9.06. The summed E-state index contributed by atoms with van der Waals surface area (Å²) in [7, 11) is 4.01. The molecule has 6 nitrogen and oxygen atoms in total. The van der Waals surface area contributed by atoms with Gasteiger partial charge in [-0.3, -0.25) is 9.59 Å². The zero-order chi connectivity index (χ0) is 19.0. The number of thiazole rings is 1. The van der Waals surface area contributed by atoms with Crippen molar-refractivity contribution in [3.63, 3.8) is 0 Å². The van der Waals surface area contributed by atoms with Crippen LogP contribution in [0.5, 0.6) is 0 Å². The second kappa shape index (κ2) is 10.5. The lowest BCUT2D eigenvalue weighted by Crippen LogP contribution is -2.42. The number of aryl methyl sites for hydroxylation is 2. The summed E-state index contributed by atoms with van der Waals surface area (Å²) in [5.41, 5.74) is 0.927. The molecule has 0 fully saturated rings. The van der Waals surface area contributed by atoms with E-state index in [0.29, 0.717) is 11.7 Å². The van der Waals surface area contributed by atoms with E-state index in [1.54, 1.807) is 4.90 Å². The van der Waals surface area contributed by atoms with E-state index < -0.39 is 0 Å². The van der Waals surface area contributed by atoms with Gasteiger partial charge in [-0.25, -0.2) is 4.98 Å². The van der Waals surface area contributed by atoms with Crippen LogP contribution in [0.3, 0.4) is 0 Å². The zero-order valence-corrected chi connectivity index (χ0v) is 17.2. The maximum Gasteiger partial charge on any atom is 0.245 e. The molecule has 0 aliphatic rings. The van der Waals surface area contributed by atoms with Crippen LogP contribution in [-0.4, -0.2) is 60.3 Å². The Morgan fingerprint density at radius 3 is 2.28 bits per heavy atom. The SMILES string of the molecule is CCC(CC)C(=O)N(CCCN(C)C)CC(=O)Nc1nc(C)c(C)s1. The average Bonchev–Trinajstić information content (AvgIpc) is 2.84. The topological polar surface area (TPSA) is 65.5 Å². The third-order valence-electron chi connectivity index (χ3n) is 4.29. The number of hydrogen-bond acceptors (Lipinski definition) is 5. The Morgan fingerprint density at radius 2 is 1.80 bits per heavy atom. The van der Waals surface area contributed by atoms with Gasteiger partial charge in [0.2, 0.25) is 11.8 Å². The van der Waals surface area contributed by atoms with E-state index in [0.717, 1.165) is 36.4 Å². The number of amides is 2. The van der Waals surface area contributed by atoms with Gasteiger partial charge in [0.1, 0.15) is 0 Å². The third kappa shape index (κ3) is 7.12. The van der Waals surface area contributed by atoms with Crippen LogP contribution in [0.25, 0.3) is 0 Å². The highest BCUT2D eigenvalue weighted by molar-refractivity contribution is 7.15. The summed E-state index contributed by atoms with van der Waals surface area (Å²) in [6.07, 6.45) is 2.44. The van der Waals surface area contributed by atoms with Crippen LogP contribution >= 0.6 is 11.3 Å². The van der Waals surface area contributed by atoms with Gasteiger partial charge in [-0.1, -0.05) is 13.8 Å². The maximum absolute atomic E-state index is 12.7. The molecular weight excluding hydrogens is 336 g/mol. The molecule has 1 rings (SSSR count). The molecule has 0 spiro atoms. The quantitative estimate of drug-likeness (QED) is 0.690. The highest BCUT2D eigenvalue weighted by Gasteiger charge is 2.23. The Morgan fingerprint density at radius 1 is 1.16 bits per heavy atom. The van der Waals surface area contributed by atoms with Gasteiger partial charge >= 0.3 is 0 Å². The summed E-state index contributed by atoms with van der Waals surface area (Å²) < 4.78 is 0. The minimum absolute atomic E-state index is 0.0171. The standard InChI is InChI=1S/C18H32N4O2S/c1-7-15(8-2)17(24)22(11-9-10-21(5)6)12-16(23)20-18-19-13(3)14(4)25-18/h15H,7-12H2,1-6H3,(H,19,20,23). The molecule has 0 saturated carbocycles. The fraction of sp³-hybridized carbons (Fsp3) is 0.722. The Labute approximate surface area is 155 Å². The number of carbonyl (C=O) groups is 2. The van der Waals surface area contributed by atoms with Crippen LogP contribution in [0.2, 0.25) is 0 Å². The van der Waals surface area contributed by atoms with Crippen molar-refractivity contribution in [2.24, 2.45) is 5.92 Å². The van der Waals surface area contributed by atoms with Crippen molar-refractivity contribution in [1.29, 1.82) is 0 Å². The summed E-state index contributed by atoms with van der Waals surface area (Å²) in [6, 6.07) is 0. The van der Waals surface area contributed by atoms with Crippen LogP contribution < -0.4 is 5.32 Å². The van der Waals surface area contributed by atoms with Crippen molar-refractivity contribution in [1.82, 2.24) is 14.8 Å². The van der Waals surface area contributed by atoms with Gasteiger partial charge in [-0.05, 0) is 53.8 Å². The van der Waals surface area contributed by atoms with Crippen molar-refractivity contribution < 1.29 is 9.59 Å². The van der Waals surface area contributed by atoms with Crippen LogP contribution in [0, 0.1) is 19.8 Å². The predicted molar refractivity (Wildman–Crippen MR) is 104 cm³/mol. The fourth-order valence-electron chi connectivity index (χ4n) is 2.60. The molecule has 0 atom stereocenters. The van der Waals surface area contributed by atoms with Crippen molar-refractivity contribution >= 4 is 28.3 Å². The van der Waals surface area contributed by atoms with Crippen LogP contribution in [0.15, 0.2) is 0 Å². The smallest absolute Gasteiger partial charge is 0.245 e. The second-order valence-corrected chi connectivity index (χ2v) is 7.84. The first-order chi connectivity index (χ1) is 11.8. The number of aromatic nitrogens is 1. The van der Waals surface area contributed by atoms with E-state index in [4.69, 9.17) is 0 Å². The monoisotopic (exact) mass is 368 g/mol. The van der Waals surface area contributed by atoms with Gasteiger partial charge in [0.25, 0.3) is 0 Å². The molecule has 0 unspecified atom stereocenters. The molecule has 0 aliphatic carbocycles. The summed E-state index contributed by atoms with van der Waals surface area (Å²) in [5, 5.41) is 3.43. The fourth-order valence-corrected chi connectivity index (χ4v) is 3.43. The number of anilines is 1. The largest absolute Gasteiger partial charge is 0.333 e. The van der Waals surface area contributed by atoms with E-state index in [-0.39, 0.29) is 24.3 Å².